The number of aliphatic imine (C=N–C) groups is 1. The van der Waals surface area contributed by atoms with Crippen LogP contribution in [0.25, 0.3) is 0 Å². The predicted molar refractivity (Wildman–Crippen MR) is 113 cm³/mol. The third-order valence-electron chi connectivity index (χ3n) is 3.94. The summed E-state index contributed by atoms with van der Waals surface area (Å²) in [6, 6.07) is 16.8. The van der Waals surface area contributed by atoms with E-state index in [0.717, 1.165) is 0 Å². The standard InChI is InChI=1S/C22H16ClFN2O4/c23-17-11-14(12-25-16-8-6-15(7-9-16)22(28)29)5-10-20(17)30-13-21(27)26-19-4-2-1-3-18(19)24/h1-12H,13H2,(H,26,27)(H,28,29). The Hall–Kier alpha value is -3.71. The molecule has 30 heavy (non-hydrogen) atoms. The van der Waals surface area contributed by atoms with Gasteiger partial charge in [0.05, 0.1) is 22.0 Å². The number of carboxylic acids is 1. The number of nitrogens with one attached hydrogen (secondary N) is 1. The maximum Gasteiger partial charge on any atom is 0.335 e. The Morgan fingerprint density at radius 1 is 1.10 bits per heavy atom. The molecule has 8 heteroatoms. The van der Waals surface area contributed by atoms with Gasteiger partial charge in [0.15, 0.2) is 6.61 Å². The van der Waals surface area contributed by atoms with Gasteiger partial charge < -0.3 is 15.2 Å². The number of benzene rings is 3. The van der Waals surface area contributed by atoms with Crippen LogP contribution in [0.3, 0.4) is 0 Å². The molecule has 0 spiro atoms. The number of amides is 1. The molecule has 0 aliphatic carbocycles. The Kier molecular flexibility index (Phi) is 6.77. The van der Waals surface area contributed by atoms with Crippen molar-refractivity contribution < 1.29 is 23.8 Å². The number of halogens is 2. The van der Waals surface area contributed by atoms with Crippen molar-refractivity contribution in [2.24, 2.45) is 4.99 Å². The Labute approximate surface area is 176 Å². The van der Waals surface area contributed by atoms with Crippen molar-refractivity contribution >= 4 is 41.1 Å². The minimum atomic E-state index is -1.00. The average molecular weight is 427 g/mol. The predicted octanol–water partition coefficient (Wildman–Crippen LogP) is 4.95. The van der Waals surface area contributed by atoms with Gasteiger partial charge in [0.1, 0.15) is 11.6 Å². The lowest BCUT2D eigenvalue weighted by Crippen LogP contribution is -2.20. The fraction of sp³-hybridized carbons (Fsp3) is 0.0455. The summed E-state index contributed by atoms with van der Waals surface area (Å²) < 4.78 is 19.0. The van der Waals surface area contributed by atoms with Crippen LogP contribution in [-0.2, 0) is 4.79 Å². The normalized spacial score (nSPS) is 10.7. The van der Waals surface area contributed by atoms with Crippen LogP contribution in [0, 0.1) is 5.82 Å². The number of nitrogens with zero attached hydrogens (tertiary/aromatic N) is 1. The van der Waals surface area contributed by atoms with Gasteiger partial charge in [-0.3, -0.25) is 9.79 Å². The van der Waals surface area contributed by atoms with Gasteiger partial charge in [0.25, 0.3) is 5.91 Å². The molecule has 0 radical (unpaired) electrons. The summed E-state index contributed by atoms with van der Waals surface area (Å²) in [5, 5.41) is 11.6. The lowest BCUT2D eigenvalue weighted by Gasteiger charge is -2.09. The monoisotopic (exact) mass is 426 g/mol. The Morgan fingerprint density at radius 3 is 2.50 bits per heavy atom. The minimum Gasteiger partial charge on any atom is -0.482 e. The molecule has 0 aliphatic heterocycles. The molecule has 6 nitrogen and oxygen atoms in total. The summed E-state index contributed by atoms with van der Waals surface area (Å²) in [5.74, 6) is -1.77. The first-order valence-electron chi connectivity index (χ1n) is 8.76. The first kappa shape index (κ1) is 21.0. The number of hydrogen-bond donors (Lipinski definition) is 2. The smallest absolute Gasteiger partial charge is 0.335 e. The van der Waals surface area contributed by atoms with Gasteiger partial charge in [-0.05, 0) is 60.2 Å². The van der Waals surface area contributed by atoms with Crippen LogP contribution in [0.15, 0.2) is 71.7 Å². The minimum absolute atomic E-state index is 0.0696. The number of carbonyl (C=O) groups is 2. The van der Waals surface area contributed by atoms with Crippen molar-refractivity contribution in [1.29, 1.82) is 0 Å². The van der Waals surface area contributed by atoms with E-state index in [9.17, 15) is 14.0 Å². The lowest BCUT2D eigenvalue weighted by molar-refractivity contribution is -0.118. The second kappa shape index (κ2) is 9.67. The van der Waals surface area contributed by atoms with Crippen molar-refractivity contribution in [2.75, 3.05) is 11.9 Å². The summed E-state index contributed by atoms with van der Waals surface area (Å²) in [5.41, 5.74) is 1.52. The van der Waals surface area contributed by atoms with E-state index in [1.54, 1.807) is 42.6 Å². The van der Waals surface area contributed by atoms with Crippen molar-refractivity contribution in [1.82, 2.24) is 0 Å². The summed E-state index contributed by atoms with van der Waals surface area (Å²) >= 11 is 6.19. The largest absolute Gasteiger partial charge is 0.482 e. The zero-order valence-corrected chi connectivity index (χ0v) is 16.3. The molecule has 3 aromatic rings. The second-order valence-corrected chi connectivity index (χ2v) is 6.52. The summed E-state index contributed by atoms with van der Waals surface area (Å²) in [7, 11) is 0. The first-order valence-corrected chi connectivity index (χ1v) is 9.14. The second-order valence-electron chi connectivity index (χ2n) is 6.12. The number of rotatable bonds is 7. The lowest BCUT2D eigenvalue weighted by atomic mass is 10.2. The number of anilines is 1. The molecule has 1 amide bonds. The Bertz CT molecular complexity index is 1100. The molecule has 0 bridgehead atoms. The number of aromatic carboxylic acids is 1. The van der Waals surface area contributed by atoms with Gasteiger partial charge in [0, 0.05) is 6.21 Å². The van der Waals surface area contributed by atoms with Crippen molar-refractivity contribution in [2.45, 2.75) is 0 Å². The van der Waals surface area contributed by atoms with E-state index in [-0.39, 0.29) is 22.9 Å². The molecule has 0 saturated heterocycles. The van der Waals surface area contributed by atoms with Gasteiger partial charge in [-0.15, -0.1) is 0 Å². The van der Waals surface area contributed by atoms with Crippen LogP contribution in [0.1, 0.15) is 15.9 Å². The quantitative estimate of drug-likeness (QED) is 0.523. The van der Waals surface area contributed by atoms with Gasteiger partial charge in [-0.1, -0.05) is 23.7 Å². The molecule has 0 aromatic heterocycles. The molecule has 3 rings (SSSR count). The molecule has 0 heterocycles. The molecular formula is C22H16ClFN2O4. The Balaban J connectivity index is 1.58. The van der Waals surface area contributed by atoms with Crippen LogP contribution in [0.2, 0.25) is 5.02 Å². The Morgan fingerprint density at radius 2 is 1.83 bits per heavy atom. The van der Waals surface area contributed by atoms with Crippen molar-refractivity contribution in [3.8, 4) is 5.75 Å². The summed E-state index contributed by atoms with van der Waals surface area (Å²) in [6.07, 6.45) is 1.57. The fourth-order valence-corrected chi connectivity index (χ4v) is 2.69. The van der Waals surface area contributed by atoms with Crippen LogP contribution in [-0.4, -0.2) is 29.8 Å². The van der Waals surface area contributed by atoms with Crippen LogP contribution < -0.4 is 10.1 Å². The fourth-order valence-electron chi connectivity index (χ4n) is 2.45. The van der Waals surface area contributed by atoms with E-state index in [1.165, 1.54) is 30.3 Å². The molecule has 0 saturated carbocycles. The van der Waals surface area contributed by atoms with E-state index < -0.39 is 17.7 Å². The molecule has 152 valence electrons. The van der Waals surface area contributed by atoms with Gasteiger partial charge in [0.2, 0.25) is 0 Å². The molecule has 0 fully saturated rings. The van der Waals surface area contributed by atoms with Crippen molar-refractivity contribution in [3.05, 3.63) is 88.7 Å². The number of ether oxygens (including phenoxy) is 1. The number of carbonyl (C=O) groups excluding carboxylic acids is 1. The number of hydrogen-bond acceptors (Lipinski definition) is 4. The number of para-hydroxylation sites is 1. The highest BCUT2D eigenvalue weighted by Crippen LogP contribution is 2.25. The van der Waals surface area contributed by atoms with E-state index in [1.807, 2.05) is 0 Å². The van der Waals surface area contributed by atoms with Crippen LogP contribution in [0.4, 0.5) is 15.8 Å². The van der Waals surface area contributed by atoms with Crippen molar-refractivity contribution in [3.63, 3.8) is 0 Å². The van der Waals surface area contributed by atoms with Gasteiger partial charge >= 0.3 is 5.97 Å². The molecule has 3 aromatic carbocycles. The van der Waals surface area contributed by atoms with E-state index in [4.69, 9.17) is 21.4 Å². The summed E-state index contributed by atoms with van der Waals surface area (Å²) in [4.78, 5) is 27.1. The first-order chi connectivity index (χ1) is 14.4. The highest BCUT2D eigenvalue weighted by atomic mass is 35.5. The topological polar surface area (TPSA) is 88.0 Å². The van der Waals surface area contributed by atoms with Gasteiger partial charge in [-0.25, -0.2) is 9.18 Å². The maximum atomic E-state index is 13.6. The third-order valence-corrected chi connectivity index (χ3v) is 4.23. The van der Waals surface area contributed by atoms with E-state index in [0.29, 0.717) is 17.0 Å². The average Bonchev–Trinajstić information content (AvgIpc) is 2.73. The molecule has 0 unspecified atom stereocenters. The third kappa shape index (κ3) is 5.65. The highest BCUT2D eigenvalue weighted by Gasteiger charge is 2.09. The zero-order valence-electron chi connectivity index (χ0n) is 15.5. The maximum absolute atomic E-state index is 13.6. The SMILES string of the molecule is O=C(COc1ccc(C=Nc2ccc(C(=O)O)cc2)cc1Cl)Nc1ccccc1F. The van der Waals surface area contributed by atoms with Crippen LogP contribution >= 0.6 is 11.6 Å². The van der Waals surface area contributed by atoms with E-state index >= 15 is 0 Å². The molecule has 0 aliphatic rings. The van der Waals surface area contributed by atoms with E-state index in [2.05, 4.69) is 10.3 Å². The molecular weight excluding hydrogens is 411 g/mol. The molecule has 2 N–H and O–H groups in total. The summed E-state index contributed by atoms with van der Waals surface area (Å²) in [6.45, 7) is -0.336. The highest BCUT2D eigenvalue weighted by molar-refractivity contribution is 6.32. The molecule has 0 atom stereocenters. The zero-order chi connectivity index (χ0) is 21.5. The number of carboxylic acid groups (broad SMARTS) is 1. The van der Waals surface area contributed by atoms with Gasteiger partial charge in [-0.2, -0.15) is 0 Å². The van der Waals surface area contributed by atoms with Crippen LogP contribution in [0.5, 0.6) is 5.75 Å².